The Morgan fingerprint density at radius 2 is 2.10 bits per heavy atom. The fourth-order valence-electron chi connectivity index (χ4n) is 1.91. The van der Waals surface area contributed by atoms with Crippen LogP contribution in [0.4, 0.5) is 0 Å². The van der Waals surface area contributed by atoms with Gasteiger partial charge in [-0.2, -0.15) is 0 Å². The molecule has 114 valence electrons. The molecule has 0 saturated heterocycles. The van der Waals surface area contributed by atoms with E-state index in [1.807, 2.05) is 18.2 Å². The lowest BCUT2D eigenvalue weighted by molar-refractivity contribution is 0.412. The first-order chi connectivity index (χ1) is 9.85. The Morgan fingerprint density at radius 1 is 1.33 bits per heavy atom. The van der Waals surface area contributed by atoms with Crippen molar-refractivity contribution < 1.29 is 4.42 Å². The summed E-state index contributed by atoms with van der Waals surface area (Å²) in [4.78, 5) is 4.33. The summed E-state index contributed by atoms with van der Waals surface area (Å²) in [5, 5.41) is 4.12. The van der Waals surface area contributed by atoms with Gasteiger partial charge in [-0.15, -0.1) is 0 Å². The highest BCUT2D eigenvalue weighted by atomic mass is 79.9. The van der Waals surface area contributed by atoms with Crippen LogP contribution in [0.5, 0.6) is 0 Å². The zero-order valence-corrected chi connectivity index (χ0v) is 14.9. The van der Waals surface area contributed by atoms with Crippen LogP contribution in [0.15, 0.2) is 33.3 Å². The molecule has 0 spiro atoms. The van der Waals surface area contributed by atoms with E-state index in [-0.39, 0.29) is 5.54 Å². The summed E-state index contributed by atoms with van der Waals surface area (Å²) in [5.41, 5.74) is 1.09. The second-order valence-corrected chi connectivity index (χ2v) is 7.29. The van der Waals surface area contributed by atoms with Gasteiger partial charge in [-0.05, 0) is 67.9 Å². The summed E-state index contributed by atoms with van der Waals surface area (Å²) >= 11 is 9.48. The molecule has 1 N–H and O–H groups in total. The lowest BCUT2D eigenvalue weighted by atomic mass is 10.1. The van der Waals surface area contributed by atoms with Crippen molar-refractivity contribution in [1.82, 2.24) is 10.3 Å². The Labute approximate surface area is 139 Å². The molecule has 21 heavy (non-hydrogen) atoms. The van der Waals surface area contributed by atoms with Crippen molar-refractivity contribution >= 4 is 27.5 Å². The minimum absolute atomic E-state index is 0.149. The van der Waals surface area contributed by atoms with Crippen molar-refractivity contribution in [1.29, 1.82) is 0 Å². The molecule has 0 bridgehead atoms. The van der Waals surface area contributed by atoms with Gasteiger partial charge in [0.05, 0.1) is 11.2 Å². The van der Waals surface area contributed by atoms with Crippen molar-refractivity contribution in [2.24, 2.45) is 0 Å². The SMILES string of the molecule is CC(C)(C)NCCCc1ncc(-c2ccc(Br)c(Cl)c2)o1. The average molecular weight is 372 g/mol. The van der Waals surface area contributed by atoms with E-state index >= 15 is 0 Å². The van der Waals surface area contributed by atoms with E-state index in [0.717, 1.165) is 41.1 Å². The van der Waals surface area contributed by atoms with Crippen LogP contribution in [0.1, 0.15) is 33.1 Å². The molecular formula is C16H20BrClN2O. The number of aromatic nitrogens is 1. The molecule has 1 aromatic heterocycles. The first-order valence-corrected chi connectivity index (χ1v) is 8.17. The molecule has 1 aromatic carbocycles. The van der Waals surface area contributed by atoms with Crippen molar-refractivity contribution in [3.05, 3.63) is 39.8 Å². The molecule has 2 rings (SSSR count). The molecule has 0 unspecified atom stereocenters. The zero-order valence-electron chi connectivity index (χ0n) is 12.5. The van der Waals surface area contributed by atoms with Crippen LogP contribution in [-0.4, -0.2) is 17.1 Å². The molecule has 0 fully saturated rings. The van der Waals surface area contributed by atoms with Crippen molar-refractivity contribution in [3.63, 3.8) is 0 Å². The van der Waals surface area contributed by atoms with Gasteiger partial charge in [-0.25, -0.2) is 4.98 Å². The van der Waals surface area contributed by atoms with Crippen LogP contribution in [0.2, 0.25) is 5.02 Å². The Morgan fingerprint density at radius 3 is 2.76 bits per heavy atom. The largest absolute Gasteiger partial charge is 0.441 e. The monoisotopic (exact) mass is 370 g/mol. The minimum Gasteiger partial charge on any atom is -0.441 e. The van der Waals surface area contributed by atoms with E-state index < -0.39 is 0 Å². The lowest BCUT2D eigenvalue weighted by Gasteiger charge is -2.19. The molecule has 5 heteroatoms. The molecule has 0 aliphatic carbocycles. The third-order valence-electron chi connectivity index (χ3n) is 2.98. The number of nitrogens with zero attached hydrogens (tertiary/aromatic N) is 1. The lowest BCUT2D eigenvalue weighted by Crippen LogP contribution is -2.36. The second kappa shape index (κ2) is 6.95. The van der Waals surface area contributed by atoms with Crippen LogP contribution in [0.3, 0.4) is 0 Å². The maximum absolute atomic E-state index is 6.10. The van der Waals surface area contributed by atoms with Gasteiger partial charge in [0.1, 0.15) is 0 Å². The Kier molecular flexibility index (Phi) is 5.47. The maximum Gasteiger partial charge on any atom is 0.194 e. The number of oxazole rings is 1. The molecule has 3 nitrogen and oxygen atoms in total. The van der Waals surface area contributed by atoms with Gasteiger partial charge in [-0.1, -0.05) is 11.6 Å². The number of hydrogen-bond donors (Lipinski definition) is 1. The van der Waals surface area contributed by atoms with E-state index in [1.54, 1.807) is 6.20 Å². The summed E-state index contributed by atoms with van der Waals surface area (Å²) in [5.74, 6) is 1.52. The van der Waals surface area contributed by atoms with E-state index in [4.69, 9.17) is 16.0 Å². The van der Waals surface area contributed by atoms with E-state index in [2.05, 4.69) is 47.0 Å². The topological polar surface area (TPSA) is 38.1 Å². The van der Waals surface area contributed by atoms with Gasteiger partial charge in [0.25, 0.3) is 0 Å². The first kappa shape index (κ1) is 16.5. The molecule has 0 amide bonds. The van der Waals surface area contributed by atoms with E-state index in [0.29, 0.717) is 5.02 Å². The fraction of sp³-hybridized carbons (Fsp3) is 0.438. The predicted octanol–water partition coefficient (Wildman–Crippen LogP) is 5.08. The van der Waals surface area contributed by atoms with Gasteiger partial charge >= 0.3 is 0 Å². The maximum atomic E-state index is 6.10. The van der Waals surface area contributed by atoms with Gasteiger partial charge in [0.15, 0.2) is 11.7 Å². The standard InChI is InChI=1S/C16H20BrClN2O/c1-16(2,3)20-8-4-5-15-19-10-14(21-15)11-6-7-12(17)13(18)9-11/h6-7,9-10,20H,4-5,8H2,1-3H3. The Hall–Kier alpha value is -0.840. The Balaban J connectivity index is 1.93. The van der Waals surface area contributed by atoms with Crippen molar-refractivity contribution in [3.8, 4) is 11.3 Å². The zero-order chi connectivity index (χ0) is 15.5. The summed E-state index contributed by atoms with van der Waals surface area (Å²) < 4.78 is 6.66. The molecule has 0 atom stereocenters. The molecule has 0 radical (unpaired) electrons. The summed E-state index contributed by atoms with van der Waals surface area (Å²) in [6, 6.07) is 5.74. The Bertz CT molecular complexity index is 605. The highest BCUT2D eigenvalue weighted by Gasteiger charge is 2.10. The summed E-state index contributed by atoms with van der Waals surface area (Å²) in [6.07, 6.45) is 3.58. The number of hydrogen-bond acceptors (Lipinski definition) is 3. The van der Waals surface area contributed by atoms with Crippen molar-refractivity contribution in [2.75, 3.05) is 6.54 Å². The van der Waals surface area contributed by atoms with E-state index in [1.165, 1.54) is 0 Å². The molecule has 1 heterocycles. The van der Waals surface area contributed by atoms with E-state index in [9.17, 15) is 0 Å². The third kappa shape index (κ3) is 5.13. The molecule has 0 aliphatic heterocycles. The number of nitrogens with one attached hydrogen (secondary N) is 1. The summed E-state index contributed by atoms with van der Waals surface area (Å²) in [7, 11) is 0. The van der Waals surface area contributed by atoms with Gasteiger partial charge in [0.2, 0.25) is 0 Å². The molecule has 0 aliphatic rings. The van der Waals surface area contributed by atoms with Crippen LogP contribution in [0, 0.1) is 0 Å². The van der Waals surface area contributed by atoms with Crippen LogP contribution < -0.4 is 5.32 Å². The molecular weight excluding hydrogens is 352 g/mol. The predicted molar refractivity (Wildman–Crippen MR) is 90.7 cm³/mol. The quantitative estimate of drug-likeness (QED) is 0.745. The van der Waals surface area contributed by atoms with Crippen LogP contribution in [-0.2, 0) is 6.42 Å². The molecule has 0 saturated carbocycles. The highest BCUT2D eigenvalue weighted by molar-refractivity contribution is 9.10. The first-order valence-electron chi connectivity index (χ1n) is 7.00. The normalized spacial score (nSPS) is 11.9. The van der Waals surface area contributed by atoms with Crippen LogP contribution >= 0.6 is 27.5 Å². The molecule has 2 aromatic rings. The number of halogens is 2. The van der Waals surface area contributed by atoms with Gasteiger partial charge in [0, 0.05) is 22.0 Å². The van der Waals surface area contributed by atoms with Crippen LogP contribution in [0.25, 0.3) is 11.3 Å². The average Bonchev–Trinajstić information content (AvgIpc) is 2.86. The highest BCUT2D eigenvalue weighted by Crippen LogP contribution is 2.29. The second-order valence-electron chi connectivity index (χ2n) is 6.03. The minimum atomic E-state index is 0.149. The third-order valence-corrected chi connectivity index (χ3v) is 4.21. The van der Waals surface area contributed by atoms with Gasteiger partial charge < -0.3 is 9.73 Å². The summed E-state index contributed by atoms with van der Waals surface area (Å²) in [6.45, 7) is 7.43. The smallest absolute Gasteiger partial charge is 0.194 e. The number of benzene rings is 1. The fourth-order valence-corrected chi connectivity index (χ4v) is 2.34. The number of aryl methyl sites for hydroxylation is 1. The van der Waals surface area contributed by atoms with Gasteiger partial charge in [-0.3, -0.25) is 0 Å². The van der Waals surface area contributed by atoms with Crippen molar-refractivity contribution in [2.45, 2.75) is 39.2 Å². The number of rotatable bonds is 5.